The Morgan fingerprint density at radius 1 is 1.13 bits per heavy atom. The molecule has 0 aliphatic carbocycles. The molecule has 11 heteroatoms. The van der Waals surface area contributed by atoms with Crippen molar-refractivity contribution in [2.75, 3.05) is 33.3 Å². The van der Waals surface area contributed by atoms with Crippen molar-refractivity contribution in [1.29, 1.82) is 0 Å². The van der Waals surface area contributed by atoms with Gasteiger partial charge in [0, 0.05) is 31.7 Å². The predicted molar refractivity (Wildman–Crippen MR) is 112 cm³/mol. The minimum absolute atomic E-state index is 0.0200. The Kier molecular flexibility index (Phi) is 6.24. The highest BCUT2D eigenvalue weighted by Gasteiger charge is 2.29. The number of ether oxygens (including phenoxy) is 1. The molecule has 0 bridgehead atoms. The van der Waals surface area contributed by atoms with Crippen LogP contribution in [0.5, 0.6) is 5.75 Å². The Morgan fingerprint density at radius 2 is 1.84 bits per heavy atom. The lowest BCUT2D eigenvalue weighted by Gasteiger charge is -2.33. The van der Waals surface area contributed by atoms with E-state index in [0.717, 1.165) is 23.4 Å². The summed E-state index contributed by atoms with van der Waals surface area (Å²) in [5, 5.41) is 3.79. The van der Waals surface area contributed by atoms with Crippen molar-refractivity contribution in [2.24, 2.45) is 0 Å². The minimum atomic E-state index is -3.74. The van der Waals surface area contributed by atoms with E-state index in [1.54, 1.807) is 7.11 Å². The molecule has 0 N–H and O–H groups in total. The highest BCUT2D eigenvalue weighted by atomic mass is 35.5. The van der Waals surface area contributed by atoms with Gasteiger partial charge in [0.05, 0.1) is 23.6 Å². The van der Waals surface area contributed by atoms with Crippen molar-refractivity contribution >= 4 is 21.6 Å². The van der Waals surface area contributed by atoms with Crippen molar-refractivity contribution in [1.82, 2.24) is 19.3 Å². The lowest BCUT2D eigenvalue weighted by Crippen LogP contribution is -2.48. The van der Waals surface area contributed by atoms with Crippen molar-refractivity contribution in [3.8, 4) is 17.1 Å². The van der Waals surface area contributed by atoms with E-state index in [1.165, 1.54) is 10.4 Å². The molecule has 0 atom stereocenters. The Bertz CT molecular complexity index is 1160. The summed E-state index contributed by atoms with van der Waals surface area (Å²) in [6.45, 7) is 1.98. The number of halogens is 2. The third-order valence-electron chi connectivity index (χ3n) is 5.04. The molecule has 1 aliphatic rings. The number of sulfonamides is 1. The molecule has 1 fully saturated rings. The molecular formula is C20H20ClFN4O4S. The third kappa shape index (κ3) is 4.72. The maximum absolute atomic E-state index is 13.4. The van der Waals surface area contributed by atoms with E-state index < -0.39 is 15.8 Å². The van der Waals surface area contributed by atoms with Crippen LogP contribution in [0.1, 0.15) is 5.89 Å². The summed E-state index contributed by atoms with van der Waals surface area (Å²) in [4.78, 5) is 6.44. The first-order valence-electron chi connectivity index (χ1n) is 9.51. The summed E-state index contributed by atoms with van der Waals surface area (Å²) < 4.78 is 50.8. The van der Waals surface area contributed by atoms with Crippen molar-refractivity contribution < 1.29 is 22.1 Å². The van der Waals surface area contributed by atoms with Crippen molar-refractivity contribution in [3.05, 3.63) is 59.2 Å². The van der Waals surface area contributed by atoms with Crippen molar-refractivity contribution in [3.63, 3.8) is 0 Å². The van der Waals surface area contributed by atoms with Crippen LogP contribution in [-0.4, -0.2) is 61.1 Å². The molecule has 1 aliphatic heterocycles. The van der Waals surface area contributed by atoms with Gasteiger partial charge in [-0.25, -0.2) is 12.8 Å². The molecule has 4 rings (SSSR count). The van der Waals surface area contributed by atoms with Crippen LogP contribution < -0.4 is 4.74 Å². The van der Waals surface area contributed by atoms with Crippen molar-refractivity contribution in [2.45, 2.75) is 11.4 Å². The molecule has 0 amide bonds. The monoisotopic (exact) mass is 466 g/mol. The Balaban J connectivity index is 1.37. The fourth-order valence-electron chi connectivity index (χ4n) is 3.28. The van der Waals surface area contributed by atoms with Crippen LogP contribution >= 0.6 is 11.6 Å². The Hall–Kier alpha value is -2.53. The normalized spacial score (nSPS) is 15.8. The number of rotatable bonds is 6. The molecule has 31 heavy (non-hydrogen) atoms. The van der Waals surface area contributed by atoms with Gasteiger partial charge in [-0.15, -0.1) is 0 Å². The molecule has 2 aromatic carbocycles. The summed E-state index contributed by atoms with van der Waals surface area (Å²) in [5.41, 5.74) is 0.810. The van der Waals surface area contributed by atoms with Gasteiger partial charge in [0.2, 0.25) is 21.7 Å². The number of methoxy groups -OCH3 is 1. The van der Waals surface area contributed by atoms with Gasteiger partial charge in [0.15, 0.2) is 0 Å². The number of aromatic nitrogens is 2. The zero-order valence-electron chi connectivity index (χ0n) is 16.7. The molecule has 1 aromatic heterocycles. The van der Waals surface area contributed by atoms with E-state index in [0.29, 0.717) is 31.3 Å². The average molecular weight is 467 g/mol. The first-order chi connectivity index (χ1) is 14.9. The average Bonchev–Trinajstić information content (AvgIpc) is 3.24. The van der Waals surface area contributed by atoms with Crippen LogP contribution in [0.2, 0.25) is 5.02 Å². The van der Waals surface area contributed by atoms with Gasteiger partial charge >= 0.3 is 0 Å². The van der Waals surface area contributed by atoms with Gasteiger partial charge in [-0.2, -0.15) is 9.29 Å². The highest BCUT2D eigenvalue weighted by molar-refractivity contribution is 7.89. The number of nitrogens with zero attached hydrogens (tertiary/aromatic N) is 4. The van der Waals surface area contributed by atoms with Gasteiger partial charge in [0.25, 0.3) is 0 Å². The summed E-state index contributed by atoms with van der Waals surface area (Å²) in [6, 6.07) is 10.7. The zero-order chi connectivity index (χ0) is 22.0. The van der Waals surface area contributed by atoms with Gasteiger partial charge in [0.1, 0.15) is 11.6 Å². The van der Waals surface area contributed by atoms with E-state index in [9.17, 15) is 12.8 Å². The second-order valence-electron chi connectivity index (χ2n) is 7.00. The molecule has 164 valence electrons. The quantitative estimate of drug-likeness (QED) is 0.551. The molecule has 8 nitrogen and oxygen atoms in total. The Morgan fingerprint density at radius 3 is 2.48 bits per heavy atom. The Labute approximate surface area is 184 Å². The number of hydrogen-bond acceptors (Lipinski definition) is 7. The summed E-state index contributed by atoms with van der Waals surface area (Å²) in [7, 11) is -2.14. The van der Waals surface area contributed by atoms with Gasteiger partial charge in [-0.05, 0) is 42.5 Å². The predicted octanol–water partition coefficient (Wildman–Crippen LogP) is 3.04. The molecule has 0 spiro atoms. The molecular weight excluding hydrogens is 447 g/mol. The van der Waals surface area contributed by atoms with Gasteiger partial charge < -0.3 is 9.26 Å². The van der Waals surface area contributed by atoms with Crippen LogP contribution in [-0.2, 0) is 16.6 Å². The summed E-state index contributed by atoms with van der Waals surface area (Å²) in [6.07, 6.45) is 0. The minimum Gasteiger partial charge on any atom is -0.497 e. The van der Waals surface area contributed by atoms with Gasteiger partial charge in [-0.1, -0.05) is 16.8 Å². The third-order valence-corrected chi connectivity index (χ3v) is 7.22. The fourth-order valence-corrected chi connectivity index (χ4v) is 4.98. The topological polar surface area (TPSA) is 88.8 Å². The zero-order valence-corrected chi connectivity index (χ0v) is 18.2. The number of benzene rings is 2. The maximum atomic E-state index is 13.4. The number of piperazine rings is 1. The molecule has 0 radical (unpaired) electrons. The van der Waals surface area contributed by atoms with E-state index in [2.05, 4.69) is 10.1 Å². The first-order valence-corrected chi connectivity index (χ1v) is 11.3. The SMILES string of the molecule is COc1ccc(-c2noc(CN3CCN(S(=O)(=O)c4ccc(F)c(Cl)c4)CC3)n2)cc1. The molecule has 0 unspecified atom stereocenters. The van der Waals surface area contributed by atoms with Crippen LogP contribution in [0.15, 0.2) is 51.9 Å². The molecule has 1 saturated heterocycles. The highest BCUT2D eigenvalue weighted by Crippen LogP contribution is 2.24. The van der Waals surface area contributed by atoms with Crippen LogP contribution in [0.4, 0.5) is 4.39 Å². The van der Waals surface area contributed by atoms with Crippen LogP contribution in [0, 0.1) is 5.82 Å². The summed E-state index contributed by atoms with van der Waals surface area (Å²) >= 11 is 5.74. The standard InChI is InChI=1S/C20H20ClFN4O4S/c1-29-15-4-2-14(3-5-15)20-23-19(30-24-20)13-25-8-10-26(11-9-25)31(27,28)16-6-7-18(22)17(21)12-16/h2-7,12H,8-11,13H2,1H3. The van der Waals surface area contributed by atoms with Gasteiger partial charge in [-0.3, -0.25) is 4.90 Å². The second kappa shape index (κ2) is 8.91. The molecule has 0 saturated carbocycles. The number of hydrogen-bond donors (Lipinski definition) is 0. The molecule has 2 heterocycles. The van der Waals surface area contributed by atoms with E-state index in [4.69, 9.17) is 20.9 Å². The smallest absolute Gasteiger partial charge is 0.243 e. The fraction of sp³-hybridized carbons (Fsp3) is 0.300. The van der Waals surface area contributed by atoms with Crippen LogP contribution in [0.3, 0.4) is 0 Å². The largest absolute Gasteiger partial charge is 0.497 e. The van der Waals surface area contributed by atoms with E-state index in [1.807, 2.05) is 29.2 Å². The molecule has 3 aromatic rings. The van der Waals surface area contributed by atoms with Crippen LogP contribution in [0.25, 0.3) is 11.4 Å². The van der Waals surface area contributed by atoms with E-state index >= 15 is 0 Å². The first kappa shape index (κ1) is 21.7. The second-order valence-corrected chi connectivity index (χ2v) is 9.34. The lowest BCUT2D eigenvalue weighted by molar-refractivity contribution is 0.163. The van der Waals surface area contributed by atoms with E-state index in [-0.39, 0.29) is 23.0 Å². The summed E-state index contributed by atoms with van der Waals surface area (Å²) in [5.74, 6) is 1.02. The lowest BCUT2D eigenvalue weighted by atomic mass is 10.2. The maximum Gasteiger partial charge on any atom is 0.243 e.